The van der Waals surface area contributed by atoms with Gasteiger partial charge in [0.1, 0.15) is 0 Å². The fraction of sp³-hybridized carbons (Fsp3) is 0.214. The molecule has 0 aliphatic carbocycles. The van der Waals surface area contributed by atoms with E-state index in [0.29, 0.717) is 17.7 Å². The molecule has 0 unspecified atom stereocenters. The number of H-pyrrole nitrogens is 1. The lowest BCUT2D eigenvalue weighted by Crippen LogP contribution is -2.10. The zero-order valence-electron chi connectivity index (χ0n) is 10.3. The molecule has 18 heavy (non-hydrogen) atoms. The molecular formula is C14H14N2O2. The fourth-order valence-electron chi connectivity index (χ4n) is 2.45. The van der Waals surface area contributed by atoms with Crippen LogP contribution >= 0.6 is 0 Å². The monoisotopic (exact) mass is 242 g/mol. The van der Waals surface area contributed by atoms with Gasteiger partial charge in [-0.05, 0) is 31.1 Å². The maximum atomic E-state index is 11.5. The van der Waals surface area contributed by atoms with Crippen molar-refractivity contribution in [3.63, 3.8) is 0 Å². The molecule has 0 saturated heterocycles. The molecule has 2 heterocycles. The van der Waals surface area contributed by atoms with Crippen molar-refractivity contribution in [2.45, 2.75) is 13.8 Å². The topological polar surface area (TPSA) is 65.1 Å². The zero-order chi connectivity index (χ0) is 12.9. The van der Waals surface area contributed by atoms with E-state index in [9.17, 15) is 9.90 Å². The van der Waals surface area contributed by atoms with Gasteiger partial charge in [0.15, 0.2) is 5.75 Å². The predicted octanol–water partition coefficient (Wildman–Crippen LogP) is 2.37. The number of hydrogen-bond donors (Lipinski definition) is 3. The molecule has 0 bridgehead atoms. The Labute approximate surface area is 104 Å². The van der Waals surface area contributed by atoms with E-state index in [1.54, 1.807) is 6.07 Å². The van der Waals surface area contributed by atoms with Gasteiger partial charge in [-0.15, -0.1) is 0 Å². The summed E-state index contributed by atoms with van der Waals surface area (Å²) in [4.78, 5) is 14.2. The summed E-state index contributed by atoms with van der Waals surface area (Å²) < 4.78 is 0. The molecule has 1 aromatic carbocycles. The largest absolute Gasteiger partial charge is 0.504 e. The third-order valence-corrected chi connectivity index (χ3v) is 3.43. The van der Waals surface area contributed by atoms with Gasteiger partial charge < -0.3 is 15.4 Å². The SMILES string of the molecule is CC1=CCNc2c1cc1c(C)cc(=O)[nH]c1c2O. The van der Waals surface area contributed by atoms with Crippen LogP contribution in [0.4, 0.5) is 5.69 Å². The number of aromatic amines is 1. The van der Waals surface area contributed by atoms with E-state index in [2.05, 4.69) is 16.4 Å². The van der Waals surface area contributed by atoms with Gasteiger partial charge in [0.05, 0.1) is 11.2 Å². The van der Waals surface area contributed by atoms with E-state index in [1.807, 2.05) is 19.9 Å². The lowest BCUT2D eigenvalue weighted by atomic mass is 9.97. The normalized spacial score (nSPS) is 14.0. The van der Waals surface area contributed by atoms with Gasteiger partial charge in [0, 0.05) is 23.6 Å². The number of benzene rings is 1. The second-order valence-corrected chi connectivity index (χ2v) is 4.65. The molecule has 1 aliphatic rings. The van der Waals surface area contributed by atoms with E-state index < -0.39 is 0 Å². The Morgan fingerprint density at radius 3 is 2.83 bits per heavy atom. The lowest BCUT2D eigenvalue weighted by molar-refractivity contribution is 0.482. The highest BCUT2D eigenvalue weighted by molar-refractivity contribution is 5.98. The highest BCUT2D eigenvalue weighted by Crippen LogP contribution is 2.40. The second kappa shape index (κ2) is 3.63. The third kappa shape index (κ3) is 1.42. The molecule has 1 aromatic heterocycles. The van der Waals surface area contributed by atoms with E-state index in [4.69, 9.17) is 0 Å². The fourth-order valence-corrected chi connectivity index (χ4v) is 2.45. The Balaban J connectivity index is 2.49. The van der Waals surface area contributed by atoms with Crippen LogP contribution in [0.1, 0.15) is 18.1 Å². The van der Waals surface area contributed by atoms with Crippen LogP contribution in [-0.2, 0) is 0 Å². The Kier molecular flexibility index (Phi) is 2.20. The van der Waals surface area contributed by atoms with Crippen molar-refractivity contribution in [3.8, 4) is 5.75 Å². The van der Waals surface area contributed by atoms with E-state index >= 15 is 0 Å². The Morgan fingerprint density at radius 1 is 1.28 bits per heavy atom. The van der Waals surface area contributed by atoms with E-state index in [1.165, 1.54) is 0 Å². The molecular weight excluding hydrogens is 228 g/mol. The molecule has 1 aliphatic heterocycles. The first-order chi connectivity index (χ1) is 8.58. The first-order valence-corrected chi connectivity index (χ1v) is 5.88. The summed E-state index contributed by atoms with van der Waals surface area (Å²) >= 11 is 0. The number of rotatable bonds is 0. The van der Waals surface area contributed by atoms with Gasteiger partial charge >= 0.3 is 0 Å². The molecule has 0 amide bonds. The summed E-state index contributed by atoms with van der Waals surface area (Å²) in [5.74, 6) is 0.121. The smallest absolute Gasteiger partial charge is 0.248 e. The van der Waals surface area contributed by atoms with Crippen molar-refractivity contribution in [1.82, 2.24) is 4.98 Å². The minimum atomic E-state index is -0.196. The van der Waals surface area contributed by atoms with Crippen LogP contribution in [0.5, 0.6) is 5.75 Å². The van der Waals surface area contributed by atoms with Crippen molar-refractivity contribution in [2.24, 2.45) is 0 Å². The van der Waals surface area contributed by atoms with Gasteiger partial charge in [-0.2, -0.15) is 0 Å². The Bertz CT molecular complexity index is 742. The summed E-state index contributed by atoms with van der Waals surface area (Å²) in [6.07, 6.45) is 2.08. The first-order valence-electron chi connectivity index (χ1n) is 5.88. The first kappa shape index (κ1) is 10.9. The molecule has 0 saturated carbocycles. The highest BCUT2D eigenvalue weighted by Gasteiger charge is 2.17. The number of aromatic hydroxyl groups is 1. The number of nitrogens with one attached hydrogen (secondary N) is 2. The van der Waals surface area contributed by atoms with Crippen LogP contribution in [-0.4, -0.2) is 16.6 Å². The number of phenols is 1. The van der Waals surface area contributed by atoms with Crippen LogP contribution in [0.25, 0.3) is 16.5 Å². The number of anilines is 1. The van der Waals surface area contributed by atoms with Crippen molar-refractivity contribution in [3.05, 3.63) is 39.7 Å². The van der Waals surface area contributed by atoms with Crippen LogP contribution in [0, 0.1) is 6.92 Å². The zero-order valence-corrected chi connectivity index (χ0v) is 10.3. The van der Waals surface area contributed by atoms with Gasteiger partial charge in [0.2, 0.25) is 5.56 Å². The highest BCUT2D eigenvalue weighted by atomic mass is 16.3. The maximum absolute atomic E-state index is 11.5. The summed E-state index contributed by atoms with van der Waals surface area (Å²) in [6, 6.07) is 3.55. The van der Waals surface area contributed by atoms with Gasteiger partial charge in [-0.25, -0.2) is 0 Å². The number of allylic oxidation sites excluding steroid dienone is 1. The van der Waals surface area contributed by atoms with Crippen molar-refractivity contribution in [2.75, 3.05) is 11.9 Å². The van der Waals surface area contributed by atoms with Crippen molar-refractivity contribution < 1.29 is 5.11 Å². The minimum absolute atomic E-state index is 0.121. The Hall–Kier alpha value is -2.23. The molecule has 0 spiro atoms. The van der Waals surface area contributed by atoms with Gasteiger partial charge in [-0.1, -0.05) is 6.08 Å². The molecule has 0 fully saturated rings. The molecule has 4 nitrogen and oxygen atoms in total. The molecule has 92 valence electrons. The van der Waals surface area contributed by atoms with Crippen LogP contribution in [0.3, 0.4) is 0 Å². The number of pyridine rings is 1. The van der Waals surface area contributed by atoms with E-state index in [-0.39, 0.29) is 11.3 Å². The standard InChI is InChI=1S/C14H14N2O2/c1-7-3-4-15-12-9(7)6-10-8(2)5-11(17)16-13(10)14(12)18/h3,5-6,15,18H,4H2,1-2H3,(H,16,17). The number of aromatic nitrogens is 1. The Morgan fingerprint density at radius 2 is 2.06 bits per heavy atom. The third-order valence-electron chi connectivity index (χ3n) is 3.43. The number of fused-ring (bicyclic) bond motifs is 2. The van der Waals surface area contributed by atoms with Gasteiger partial charge in [0.25, 0.3) is 0 Å². The van der Waals surface area contributed by atoms with Crippen LogP contribution < -0.4 is 10.9 Å². The van der Waals surface area contributed by atoms with Gasteiger partial charge in [-0.3, -0.25) is 4.79 Å². The van der Waals surface area contributed by atoms with Crippen molar-refractivity contribution >= 4 is 22.2 Å². The number of phenolic OH excluding ortho intramolecular Hbond substituents is 1. The summed E-state index contributed by atoms with van der Waals surface area (Å²) in [7, 11) is 0. The molecule has 3 N–H and O–H groups in total. The number of hydrogen-bond acceptors (Lipinski definition) is 3. The second-order valence-electron chi connectivity index (χ2n) is 4.65. The minimum Gasteiger partial charge on any atom is -0.504 e. The molecule has 2 aromatic rings. The summed E-state index contributed by atoms with van der Waals surface area (Å²) in [5.41, 5.74) is 3.99. The lowest BCUT2D eigenvalue weighted by Gasteiger charge is -2.20. The maximum Gasteiger partial charge on any atom is 0.248 e. The van der Waals surface area contributed by atoms with E-state index in [0.717, 1.165) is 22.1 Å². The average molecular weight is 242 g/mol. The van der Waals surface area contributed by atoms with Crippen LogP contribution in [0.2, 0.25) is 0 Å². The number of aryl methyl sites for hydroxylation is 1. The van der Waals surface area contributed by atoms with Crippen molar-refractivity contribution in [1.29, 1.82) is 0 Å². The van der Waals surface area contributed by atoms with Crippen LogP contribution in [0.15, 0.2) is 23.0 Å². The molecule has 0 atom stereocenters. The molecule has 4 heteroatoms. The summed E-state index contributed by atoms with van der Waals surface area (Å²) in [5, 5.41) is 14.3. The predicted molar refractivity (Wildman–Crippen MR) is 73.1 cm³/mol. The molecule has 3 rings (SSSR count). The quantitative estimate of drug-likeness (QED) is 0.621. The summed E-state index contributed by atoms with van der Waals surface area (Å²) in [6.45, 7) is 4.58. The molecule has 0 radical (unpaired) electrons. The average Bonchev–Trinajstić information content (AvgIpc) is 2.32.